The van der Waals surface area contributed by atoms with E-state index in [-0.39, 0.29) is 16.5 Å². The van der Waals surface area contributed by atoms with E-state index in [0.717, 1.165) is 19.5 Å². The van der Waals surface area contributed by atoms with Gasteiger partial charge in [-0.05, 0) is 34.0 Å². The first-order valence-electron chi connectivity index (χ1n) is 4.03. The maximum atomic E-state index is 4.04. The quantitative estimate of drug-likeness (QED) is 0.251. The molecule has 0 fully saturated rings. The summed E-state index contributed by atoms with van der Waals surface area (Å²) in [5.41, 5.74) is 0. The molecule has 0 aromatic carbocycles. The first-order chi connectivity index (χ1) is 5.63. The maximum absolute atomic E-state index is 4.04. The zero-order chi connectivity index (χ0) is 9.40. The van der Waals surface area contributed by atoms with Crippen LogP contribution in [0, 0.1) is 0 Å². The molecule has 0 radical (unpaired) electrons. The normalized spacial score (nSPS) is 11.5. The number of hydrogen-bond acceptors (Lipinski definition) is 3. The largest absolute Gasteiger partial charge is 0.309 e. The summed E-state index contributed by atoms with van der Waals surface area (Å²) in [5, 5.41) is 0. The molecule has 3 nitrogen and oxygen atoms in total. The maximum Gasteiger partial charge on any atom is 0.109 e. The third-order valence-corrected chi connectivity index (χ3v) is 1.46. The highest BCUT2D eigenvalue weighted by atomic mass is 127. The van der Waals surface area contributed by atoms with E-state index in [1.165, 1.54) is 0 Å². The average Bonchev–Trinajstić information content (AvgIpc) is 1.95. The Morgan fingerprint density at radius 1 is 1.46 bits per heavy atom. The highest BCUT2D eigenvalue weighted by Gasteiger charge is 1.87. The van der Waals surface area contributed by atoms with Gasteiger partial charge in [0.2, 0.25) is 0 Å². The van der Waals surface area contributed by atoms with Crippen molar-refractivity contribution in [2.45, 2.75) is 17.4 Å². The average molecular weight is 318 g/mol. The van der Waals surface area contributed by atoms with Crippen molar-refractivity contribution in [3.8, 4) is 0 Å². The number of aliphatic imine (C=N–C) groups is 2. The van der Waals surface area contributed by atoms with Crippen LogP contribution >= 0.6 is 35.0 Å². The summed E-state index contributed by atoms with van der Waals surface area (Å²) in [4.78, 5) is 10.2. The van der Waals surface area contributed by atoms with Crippen LogP contribution in [0.5, 0.6) is 0 Å². The van der Waals surface area contributed by atoms with E-state index in [1.807, 2.05) is 6.92 Å². The van der Waals surface area contributed by atoms with E-state index in [2.05, 4.69) is 57.6 Å². The van der Waals surface area contributed by atoms with Gasteiger partial charge in [0, 0.05) is 0 Å². The molecule has 13 heavy (non-hydrogen) atoms. The van der Waals surface area contributed by atoms with Crippen LogP contribution in [0.2, 0.25) is 0 Å². The van der Waals surface area contributed by atoms with Gasteiger partial charge in [0.05, 0.1) is 12.6 Å². The Hall–Kier alpha value is 0.360. The van der Waals surface area contributed by atoms with Crippen molar-refractivity contribution in [1.82, 2.24) is 4.90 Å². The molecule has 0 heterocycles. The summed E-state index contributed by atoms with van der Waals surface area (Å²) >= 11 is 2.22. The fourth-order valence-corrected chi connectivity index (χ4v) is 0.761. The van der Waals surface area contributed by atoms with Crippen LogP contribution in [0.1, 0.15) is 13.3 Å². The van der Waals surface area contributed by atoms with E-state index in [0.29, 0.717) is 0 Å². The number of halogens is 2. The zero-order valence-corrected chi connectivity index (χ0v) is 11.3. The van der Waals surface area contributed by atoms with Crippen molar-refractivity contribution in [2.75, 3.05) is 27.2 Å². The second-order valence-corrected chi connectivity index (χ2v) is 4.64. The lowest BCUT2D eigenvalue weighted by atomic mass is 10.4. The molecular weight excluding hydrogens is 300 g/mol. The molecule has 0 amide bonds. The number of nitrogens with zero attached hydrogens (tertiary/aromatic N) is 3. The highest BCUT2D eigenvalue weighted by Crippen LogP contribution is 1.96. The first-order valence-corrected chi connectivity index (χ1v) is 5.27. The minimum absolute atomic E-state index is 0. The summed E-state index contributed by atoms with van der Waals surface area (Å²) in [6, 6.07) is 2.68. The van der Waals surface area contributed by atoms with Gasteiger partial charge in [-0.1, -0.05) is 22.6 Å². The van der Waals surface area contributed by atoms with Crippen LogP contribution in [-0.2, 0) is 0 Å². The van der Waals surface area contributed by atoms with Crippen molar-refractivity contribution in [2.24, 2.45) is 9.98 Å². The van der Waals surface area contributed by atoms with Gasteiger partial charge < -0.3 is 4.90 Å². The summed E-state index contributed by atoms with van der Waals surface area (Å²) in [6.45, 7) is 3.90. The molecule has 0 aliphatic rings. The molecule has 5 heteroatoms. The van der Waals surface area contributed by atoms with Gasteiger partial charge >= 0.3 is 0 Å². The lowest BCUT2D eigenvalue weighted by Gasteiger charge is -2.05. The van der Waals surface area contributed by atoms with E-state index in [1.54, 1.807) is 0 Å². The van der Waals surface area contributed by atoms with Crippen molar-refractivity contribution < 1.29 is 0 Å². The third kappa shape index (κ3) is 15.1. The number of rotatable bonds is 5. The minimum Gasteiger partial charge on any atom is -0.309 e. The molecule has 0 aliphatic carbocycles. The predicted molar refractivity (Wildman–Crippen MR) is 68.6 cm³/mol. The summed E-state index contributed by atoms with van der Waals surface area (Å²) in [7, 11) is 4.12. The first kappa shape index (κ1) is 15.8. The van der Waals surface area contributed by atoms with Crippen LogP contribution in [0.4, 0.5) is 0 Å². The van der Waals surface area contributed by atoms with Gasteiger partial charge in [0.1, 0.15) is 4.05 Å². The lowest BCUT2D eigenvalue weighted by molar-refractivity contribution is 0.403. The van der Waals surface area contributed by atoms with E-state index in [4.69, 9.17) is 0 Å². The molecule has 0 aromatic heterocycles. The molecule has 78 valence electrons. The van der Waals surface area contributed by atoms with Crippen LogP contribution in [-0.4, -0.2) is 42.1 Å². The Morgan fingerprint density at radius 2 is 2.08 bits per heavy atom. The summed E-state index contributed by atoms with van der Waals surface area (Å²) in [6.07, 6.45) is 1.07. The molecule has 0 rings (SSSR count). The van der Waals surface area contributed by atoms with Gasteiger partial charge in [-0.2, -0.15) is 0 Å². The molecule has 0 bridgehead atoms. The van der Waals surface area contributed by atoms with Crippen LogP contribution in [0.25, 0.3) is 0 Å². The van der Waals surface area contributed by atoms with Crippen molar-refractivity contribution in [1.29, 1.82) is 0 Å². The van der Waals surface area contributed by atoms with E-state index in [9.17, 15) is 0 Å². The molecule has 1 atom stereocenters. The molecular formula is C8H17ClIN3. The fraction of sp³-hybridized carbons (Fsp3) is 0.875. The number of alkyl halides is 1. The highest BCUT2D eigenvalue weighted by molar-refractivity contribution is 14.1. The van der Waals surface area contributed by atoms with Crippen LogP contribution < -0.4 is 0 Å². The third-order valence-electron chi connectivity index (χ3n) is 1.18. The van der Waals surface area contributed by atoms with Gasteiger partial charge in [-0.25, -0.2) is 9.98 Å². The molecule has 0 aromatic rings. The van der Waals surface area contributed by atoms with Crippen molar-refractivity contribution in [3.63, 3.8) is 0 Å². The Labute approximate surface area is 100 Å². The van der Waals surface area contributed by atoms with Gasteiger partial charge in [-0.3, -0.25) is 0 Å². The molecule has 0 spiro atoms. The van der Waals surface area contributed by atoms with Gasteiger partial charge in [-0.15, -0.1) is 12.4 Å². The fourth-order valence-electron chi connectivity index (χ4n) is 0.636. The Kier molecular flexibility index (Phi) is 12.7. The van der Waals surface area contributed by atoms with E-state index < -0.39 is 0 Å². The molecule has 0 saturated carbocycles. The molecule has 0 N–H and O–H groups in total. The molecule has 0 aliphatic heterocycles. The van der Waals surface area contributed by atoms with Crippen LogP contribution in [0.3, 0.4) is 0 Å². The zero-order valence-electron chi connectivity index (χ0n) is 8.33. The van der Waals surface area contributed by atoms with E-state index >= 15 is 0 Å². The Balaban J connectivity index is 0. The second kappa shape index (κ2) is 10.4. The van der Waals surface area contributed by atoms with Crippen molar-refractivity contribution >= 4 is 41.0 Å². The van der Waals surface area contributed by atoms with Crippen LogP contribution in [0.15, 0.2) is 9.98 Å². The lowest BCUT2D eigenvalue weighted by Crippen LogP contribution is -2.13. The van der Waals surface area contributed by atoms with Crippen molar-refractivity contribution in [3.05, 3.63) is 0 Å². The standard InChI is InChI=1S/C8H16IN3.ClH/c1-8(9)11-7-10-5-4-6-12(2)3;/h8H,4-6H2,1-3H3;1H. The summed E-state index contributed by atoms with van der Waals surface area (Å²) in [5.74, 6) is 0. The summed E-state index contributed by atoms with van der Waals surface area (Å²) < 4.78 is 0.278. The second-order valence-electron chi connectivity index (χ2n) is 2.84. The predicted octanol–water partition coefficient (Wildman–Crippen LogP) is 2.31. The topological polar surface area (TPSA) is 28.0 Å². The van der Waals surface area contributed by atoms with Gasteiger partial charge in [0.25, 0.3) is 0 Å². The SMILES string of the molecule is CC(I)N=C=NCCCN(C)C.Cl. The Bertz CT molecular complexity index is 165. The molecule has 0 saturated heterocycles. The Morgan fingerprint density at radius 3 is 2.54 bits per heavy atom. The van der Waals surface area contributed by atoms with Gasteiger partial charge in [0.15, 0.2) is 0 Å². The monoisotopic (exact) mass is 317 g/mol. The number of hydrogen-bond donors (Lipinski definition) is 0. The minimum atomic E-state index is 0. The smallest absolute Gasteiger partial charge is 0.109 e. The molecule has 1 unspecified atom stereocenters.